The fourth-order valence-electron chi connectivity index (χ4n) is 3.91. The van der Waals surface area contributed by atoms with Gasteiger partial charge in [0.25, 0.3) is 5.91 Å². The first-order valence-electron chi connectivity index (χ1n) is 10.8. The zero-order valence-electron chi connectivity index (χ0n) is 19.4. The van der Waals surface area contributed by atoms with Gasteiger partial charge in [-0.15, -0.1) is 10.2 Å². The van der Waals surface area contributed by atoms with Gasteiger partial charge in [-0.25, -0.2) is 4.98 Å². The molecular formula is C22H22F5N7O2. The lowest BCUT2D eigenvalue weighted by Gasteiger charge is -2.43. The Balaban J connectivity index is 1.63. The molecule has 0 aliphatic carbocycles. The van der Waals surface area contributed by atoms with Crippen molar-refractivity contribution in [2.45, 2.75) is 38.3 Å². The molecule has 0 spiro atoms. The SMILES string of the molecule is Cc1ccc(-c2nnn(C)n2)c(C(=O)N2CC(F)(F)O[C@@H](C)[C@H]2CNc2ccc(C(F)(F)F)cn2)c1. The van der Waals surface area contributed by atoms with Crippen LogP contribution in [0.5, 0.6) is 0 Å². The van der Waals surface area contributed by atoms with Crippen molar-refractivity contribution in [3.63, 3.8) is 0 Å². The minimum absolute atomic E-state index is 0.0833. The molecule has 0 unspecified atom stereocenters. The fraction of sp³-hybridized carbons (Fsp3) is 0.409. The molecule has 192 valence electrons. The van der Waals surface area contributed by atoms with Crippen molar-refractivity contribution in [1.29, 1.82) is 0 Å². The molecule has 1 amide bonds. The maximum Gasteiger partial charge on any atom is 0.417 e. The molecule has 4 rings (SSSR count). The molecule has 1 aromatic carbocycles. The third kappa shape index (κ3) is 5.42. The standard InChI is InChI=1S/C22H22F5N7O2/c1-12-4-6-15(19-30-32-33(3)31-19)16(8-12)20(35)34-11-21(23,24)36-13(2)17(34)10-29-18-7-5-14(9-28-18)22(25,26)27/h4-9,13,17H,10-11H2,1-3H3,(H,28,29)/t13-,17+/m0/s1. The summed E-state index contributed by atoms with van der Waals surface area (Å²) in [5.74, 6) is -0.472. The number of hydrogen-bond acceptors (Lipinski definition) is 7. The van der Waals surface area contributed by atoms with Gasteiger partial charge in [0.05, 0.1) is 30.3 Å². The van der Waals surface area contributed by atoms with Crippen molar-refractivity contribution in [3.8, 4) is 11.4 Å². The number of hydrogen-bond donors (Lipinski definition) is 1. The lowest BCUT2D eigenvalue weighted by Crippen LogP contribution is -2.61. The highest BCUT2D eigenvalue weighted by Crippen LogP contribution is 2.33. The molecule has 2 atom stereocenters. The number of amides is 1. The van der Waals surface area contributed by atoms with Crippen molar-refractivity contribution in [2.75, 3.05) is 18.4 Å². The molecule has 0 radical (unpaired) electrons. The number of benzene rings is 1. The maximum atomic E-state index is 14.4. The molecule has 9 nitrogen and oxygen atoms in total. The Bertz CT molecular complexity index is 1250. The van der Waals surface area contributed by atoms with Crippen LogP contribution in [0.2, 0.25) is 0 Å². The van der Waals surface area contributed by atoms with Crippen LogP contribution in [0.4, 0.5) is 27.8 Å². The van der Waals surface area contributed by atoms with Crippen LogP contribution in [0.15, 0.2) is 36.5 Å². The number of anilines is 1. The average Bonchev–Trinajstić information content (AvgIpc) is 3.22. The number of carbonyl (C=O) groups excluding carboxylic acids is 1. The minimum atomic E-state index is -4.55. The topological polar surface area (TPSA) is 98.1 Å². The second-order valence-corrected chi connectivity index (χ2v) is 8.42. The number of nitrogens with one attached hydrogen (secondary N) is 1. The van der Waals surface area contributed by atoms with Gasteiger partial charge in [-0.2, -0.15) is 26.7 Å². The number of carbonyl (C=O) groups is 1. The monoisotopic (exact) mass is 511 g/mol. The van der Waals surface area contributed by atoms with Gasteiger partial charge in [0.1, 0.15) is 12.4 Å². The van der Waals surface area contributed by atoms with Crippen LogP contribution < -0.4 is 5.32 Å². The van der Waals surface area contributed by atoms with Crippen LogP contribution in [-0.2, 0) is 18.0 Å². The van der Waals surface area contributed by atoms with Gasteiger partial charge in [-0.3, -0.25) is 4.79 Å². The van der Waals surface area contributed by atoms with E-state index in [0.29, 0.717) is 17.3 Å². The number of ether oxygens (including phenoxy) is 1. The van der Waals surface area contributed by atoms with Gasteiger partial charge in [0, 0.05) is 18.3 Å². The molecule has 14 heteroatoms. The molecule has 3 heterocycles. The summed E-state index contributed by atoms with van der Waals surface area (Å²) in [6.45, 7) is 2.01. The quantitative estimate of drug-likeness (QED) is 0.524. The first kappa shape index (κ1) is 25.4. The smallest absolute Gasteiger partial charge is 0.368 e. The van der Waals surface area contributed by atoms with Gasteiger partial charge in [-0.1, -0.05) is 11.6 Å². The number of nitrogens with zero attached hydrogens (tertiary/aromatic N) is 6. The molecule has 1 N–H and O–H groups in total. The molecule has 1 fully saturated rings. The predicted octanol–water partition coefficient (Wildman–Crippen LogP) is 3.53. The Kier molecular flexibility index (Phi) is 6.64. The largest absolute Gasteiger partial charge is 0.417 e. The van der Waals surface area contributed by atoms with Gasteiger partial charge in [0.15, 0.2) is 0 Å². The molecular weight excluding hydrogens is 489 g/mol. The van der Waals surface area contributed by atoms with E-state index in [-0.39, 0.29) is 23.8 Å². The van der Waals surface area contributed by atoms with E-state index in [9.17, 15) is 26.7 Å². The van der Waals surface area contributed by atoms with Crippen molar-refractivity contribution in [1.82, 2.24) is 30.1 Å². The summed E-state index contributed by atoms with van der Waals surface area (Å²) < 4.78 is 72.0. The molecule has 1 aliphatic rings. The summed E-state index contributed by atoms with van der Waals surface area (Å²) >= 11 is 0. The molecule has 2 aromatic heterocycles. The van der Waals surface area contributed by atoms with Crippen LogP contribution in [0.1, 0.15) is 28.4 Å². The summed E-state index contributed by atoms with van der Waals surface area (Å²) in [4.78, 5) is 19.6. The third-order valence-electron chi connectivity index (χ3n) is 5.65. The molecule has 1 saturated heterocycles. The Morgan fingerprint density at radius 2 is 2.00 bits per heavy atom. The van der Waals surface area contributed by atoms with Crippen LogP contribution >= 0.6 is 0 Å². The van der Waals surface area contributed by atoms with Crippen molar-refractivity contribution in [3.05, 3.63) is 53.2 Å². The van der Waals surface area contributed by atoms with Crippen molar-refractivity contribution < 1.29 is 31.5 Å². The maximum absolute atomic E-state index is 14.4. The van der Waals surface area contributed by atoms with E-state index in [2.05, 4.69) is 25.7 Å². The van der Waals surface area contributed by atoms with E-state index in [1.807, 2.05) is 0 Å². The highest BCUT2D eigenvalue weighted by molar-refractivity contribution is 6.00. The zero-order valence-corrected chi connectivity index (χ0v) is 19.4. The van der Waals surface area contributed by atoms with Crippen LogP contribution in [0.25, 0.3) is 11.4 Å². The van der Waals surface area contributed by atoms with Gasteiger partial charge in [0.2, 0.25) is 5.82 Å². The highest BCUT2D eigenvalue weighted by atomic mass is 19.4. The molecule has 1 aliphatic heterocycles. The third-order valence-corrected chi connectivity index (χ3v) is 5.65. The van der Waals surface area contributed by atoms with Crippen LogP contribution in [0.3, 0.4) is 0 Å². The summed E-state index contributed by atoms with van der Waals surface area (Å²) in [6.07, 6.45) is -8.60. The van der Waals surface area contributed by atoms with Crippen molar-refractivity contribution in [2.24, 2.45) is 7.05 Å². The molecule has 0 saturated carbocycles. The Morgan fingerprint density at radius 1 is 1.25 bits per heavy atom. The lowest BCUT2D eigenvalue weighted by atomic mass is 10.00. The summed E-state index contributed by atoms with van der Waals surface area (Å²) in [7, 11) is 1.55. The number of halogens is 5. The Labute approximate surface area is 202 Å². The predicted molar refractivity (Wildman–Crippen MR) is 117 cm³/mol. The molecule has 0 bridgehead atoms. The van der Waals surface area contributed by atoms with E-state index < -0.39 is 42.4 Å². The van der Waals surface area contributed by atoms with E-state index in [1.165, 1.54) is 11.7 Å². The summed E-state index contributed by atoms with van der Waals surface area (Å²) in [5, 5.41) is 14.6. The van der Waals surface area contributed by atoms with Crippen LogP contribution in [0, 0.1) is 6.92 Å². The summed E-state index contributed by atoms with van der Waals surface area (Å²) in [5.41, 5.74) is 0.203. The lowest BCUT2D eigenvalue weighted by molar-refractivity contribution is -0.298. The zero-order chi connectivity index (χ0) is 26.3. The fourth-order valence-corrected chi connectivity index (χ4v) is 3.91. The van der Waals surface area contributed by atoms with Crippen LogP contribution in [-0.4, -0.2) is 67.3 Å². The average molecular weight is 511 g/mol. The van der Waals surface area contributed by atoms with E-state index >= 15 is 0 Å². The Hall–Kier alpha value is -3.68. The second-order valence-electron chi connectivity index (χ2n) is 8.42. The number of aromatic nitrogens is 5. The number of alkyl halides is 5. The molecule has 3 aromatic rings. The van der Waals surface area contributed by atoms with Crippen molar-refractivity contribution >= 4 is 11.7 Å². The number of aryl methyl sites for hydroxylation is 2. The van der Waals surface area contributed by atoms with Gasteiger partial charge >= 0.3 is 12.3 Å². The number of rotatable bonds is 5. The molecule has 36 heavy (non-hydrogen) atoms. The normalized spacial score (nSPS) is 19.8. The van der Waals surface area contributed by atoms with E-state index in [0.717, 1.165) is 17.0 Å². The first-order valence-corrected chi connectivity index (χ1v) is 10.8. The number of pyridine rings is 1. The number of tetrazole rings is 1. The second kappa shape index (κ2) is 9.41. The van der Waals surface area contributed by atoms with E-state index in [1.54, 1.807) is 32.2 Å². The Morgan fingerprint density at radius 3 is 2.61 bits per heavy atom. The first-order chi connectivity index (χ1) is 16.8. The van der Waals surface area contributed by atoms with E-state index in [4.69, 9.17) is 4.74 Å². The minimum Gasteiger partial charge on any atom is -0.368 e. The van der Waals surface area contributed by atoms with Gasteiger partial charge < -0.3 is 15.0 Å². The summed E-state index contributed by atoms with van der Waals surface area (Å²) in [6, 6.07) is 5.96. The number of morpholine rings is 1. The highest BCUT2D eigenvalue weighted by Gasteiger charge is 2.47. The van der Waals surface area contributed by atoms with Gasteiger partial charge in [-0.05, 0) is 43.3 Å².